The predicted octanol–water partition coefficient (Wildman–Crippen LogP) is 2.15. The van der Waals surface area contributed by atoms with Gasteiger partial charge in [0.05, 0.1) is 5.92 Å². The molecule has 0 aromatic carbocycles. The molecule has 1 aromatic rings. The molecule has 0 bridgehead atoms. The SMILES string of the molecule is CC(C)c1cc(C(=O)NCC2CCC(C(=O)O)CC2)n[nH]1. The number of aromatic nitrogens is 2. The lowest BCUT2D eigenvalue weighted by atomic mass is 9.82. The van der Waals surface area contributed by atoms with Crippen molar-refractivity contribution in [2.24, 2.45) is 11.8 Å². The van der Waals surface area contributed by atoms with Crippen LogP contribution < -0.4 is 5.32 Å². The van der Waals surface area contributed by atoms with Crippen molar-refractivity contribution in [3.8, 4) is 0 Å². The van der Waals surface area contributed by atoms with Gasteiger partial charge in [-0.1, -0.05) is 13.8 Å². The van der Waals surface area contributed by atoms with E-state index in [1.807, 2.05) is 13.8 Å². The number of carboxylic acids is 1. The molecule has 1 aromatic heterocycles. The Morgan fingerprint density at radius 1 is 1.38 bits per heavy atom. The van der Waals surface area contributed by atoms with E-state index in [9.17, 15) is 9.59 Å². The number of hydrogen-bond acceptors (Lipinski definition) is 3. The smallest absolute Gasteiger partial charge is 0.306 e. The summed E-state index contributed by atoms with van der Waals surface area (Å²) in [5.41, 5.74) is 1.36. The number of amides is 1. The second-order valence-electron chi connectivity index (χ2n) is 6.13. The van der Waals surface area contributed by atoms with Gasteiger partial charge in [0.1, 0.15) is 5.69 Å². The monoisotopic (exact) mass is 293 g/mol. The first-order valence-corrected chi connectivity index (χ1v) is 7.53. The first-order valence-electron chi connectivity index (χ1n) is 7.53. The van der Waals surface area contributed by atoms with Gasteiger partial charge < -0.3 is 10.4 Å². The highest BCUT2D eigenvalue weighted by molar-refractivity contribution is 5.92. The maximum absolute atomic E-state index is 12.0. The van der Waals surface area contributed by atoms with Crippen LogP contribution in [0.4, 0.5) is 0 Å². The standard InChI is InChI=1S/C15H23N3O3/c1-9(2)12-7-13(18-17-12)14(19)16-8-10-3-5-11(6-4-10)15(20)21/h7,9-11H,3-6,8H2,1-2H3,(H,16,19)(H,17,18)(H,20,21). The lowest BCUT2D eigenvalue weighted by Crippen LogP contribution is -2.32. The Bertz CT molecular complexity index is 502. The van der Waals surface area contributed by atoms with Crippen molar-refractivity contribution in [3.05, 3.63) is 17.5 Å². The molecule has 0 radical (unpaired) electrons. The second-order valence-corrected chi connectivity index (χ2v) is 6.13. The van der Waals surface area contributed by atoms with Crippen molar-refractivity contribution in [1.82, 2.24) is 15.5 Å². The van der Waals surface area contributed by atoms with E-state index in [0.29, 0.717) is 36.9 Å². The van der Waals surface area contributed by atoms with Gasteiger partial charge in [0, 0.05) is 12.2 Å². The van der Waals surface area contributed by atoms with Gasteiger partial charge in [0.2, 0.25) is 0 Å². The molecule has 2 rings (SSSR count). The van der Waals surface area contributed by atoms with Crippen LogP contribution in [0.1, 0.15) is 61.6 Å². The van der Waals surface area contributed by atoms with E-state index in [1.54, 1.807) is 6.07 Å². The Morgan fingerprint density at radius 3 is 2.57 bits per heavy atom. The average Bonchev–Trinajstić information content (AvgIpc) is 2.95. The van der Waals surface area contributed by atoms with Crippen molar-refractivity contribution in [2.75, 3.05) is 6.54 Å². The lowest BCUT2D eigenvalue weighted by molar-refractivity contribution is -0.143. The van der Waals surface area contributed by atoms with Crippen LogP contribution in [0.15, 0.2) is 6.07 Å². The van der Waals surface area contributed by atoms with E-state index in [0.717, 1.165) is 18.5 Å². The number of nitrogens with one attached hydrogen (secondary N) is 2. The van der Waals surface area contributed by atoms with E-state index >= 15 is 0 Å². The molecule has 21 heavy (non-hydrogen) atoms. The van der Waals surface area contributed by atoms with Gasteiger partial charge in [-0.2, -0.15) is 5.10 Å². The minimum absolute atomic E-state index is 0.168. The molecule has 3 N–H and O–H groups in total. The zero-order valence-electron chi connectivity index (χ0n) is 12.6. The van der Waals surface area contributed by atoms with E-state index in [-0.39, 0.29) is 11.8 Å². The topological polar surface area (TPSA) is 95.1 Å². The molecule has 1 aliphatic carbocycles. The van der Waals surface area contributed by atoms with E-state index < -0.39 is 5.97 Å². The molecule has 1 saturated carbocycles. The molecule has 116 valence electrons. The van der Waals surface area contributed by atoms with Crippen LogP contribution in [0, 0.1) is 11.8 Å². The molecule has 6 heteroatoms. The van der Waals surface area contributed by atoms with Gasteiger partial charge >= 0.3 is 5.97 Å². The summed E-state index contributed by atoms with van der Waals surface area (Å²) in [6.45, 7) is 4.67. The number of rotatable bonds is 5. The molecule has 0 aliphatic heterocycles. The van der Waals surface area contributed by atoms with Gasteiger partial charge in [-0.3, -0.25) is 14.7 Å². The first-order chi connectivity index (χ1) is 9.97. The van der Waals surface area contributed by atoms with Gasteiger partial charge in [0.25, 0.3) is 5.91 Å². The summed E-state index contributed by atoms with van der Waals surface area (Å²) in [7, 11) is 0. The Kier molecular flexibility index (Phi) is 4.98. The normalized spacial score (nSPS) is 22.2. The summed E-state index contributed by atoms with van der Waals surface area (Å²) in [4.78, 5) is 22.9. The maximum Gasteiger partial charge on any atom is 0.306 e. The number of aliphatic carboxylic acids is 1. The Hall–Kier alpha value is -1.85. The molecular formula is C15H23N3O3. The fraction of sp³-hybridized carbons (Fsp3) is 0.667. The number of carboxylic acid groups (broad SMARTS) is 1. The highest BCUT2D eigenvalue weighted by Crippen LogP contribution is 2.28. The largest absolute Gasteiger partial charge is 0.481 e. The van der Waals surface area contributed by atoms with Crippen molar-refractivity contribution in [1.29, 1.82) is 0 Å². The molecule has 1 amide bonds. The quantitative estimate of drug-likeness (QED) is 0.775. The van der Waals surface area contributed by atoms with Crippen molar-refractivity contribution < 1.29 is 14.7 Å². The molecule has 0 unspecified atom stereocenters. The third-order valence-corrected chi connectivity index (χ3v) is 4.20. The van der Waals surface area contributed by atoms with Crippen LogP contribution in [-0.2, 0) is 4.79 Å². The third-order valence-electron chi connectivity index (χ3n) is 4.20. The fourth-order valence-electron chi connectivity index (χ4n) is 2.69. The molecule has 6 nitrogen and oxygen atoms in total. The summed E-state index contributed by atoms with van der Waals surface area (Å²) in [6, 6.07) is 1.78. The Labute approximate surface area is 124 Å². The highest BCUT2D eigenvalue weighted by Gasteiger charge is 2.26. The van der Waals surface area contributed by atoms with Crippen molar-refractivity contribution >= 4 is 11.9 Å². The Balaban J connectivity index is 1.78. The zero-order chi connectivity index (χ0) is 15.4. The second kappa shape index (κ2) is 6.74. The molecule has 0 spiro atoms. The van der Waals surface area contributed by atoms with Crippen LogP contribution in [0.3, 0.4) is 0 Å². The molecule has 0 atom stereocenters. The maximum atomic E-state index is 12.0. The minimum Gasteiger partial charge on any atom is -0.481 e. The number of H-pyrrole nitrogens is 1. The number of carbonyl (C=O) groups is 2. The van der Waals surface area contributed by atoms with E-state index in [1.165, 1.54) is 0 Å². The number of carbonyl (C=O) groups excluding carboxylic acids is 1. The number of nitrogens with zero attached hydrogens (tertiary/aromatic N) is 1. The summed E-state index contributed by atoms with van der Waals surface area (Å²) in [5.74, 6) is -0.399. The molecule has 1 aliphatic rings. The van der Waals surface area contributed by atoms with Gasteiger partial charge in [-0.05, 0) is 43.6 Å². The van der Waals surface area contributed by atoms with Crippen LogP contribution >= 0.6 is 0 Å². The summed E-state index contributed by atoms with van der Waals surface area (Å²) in [5, 5.41) is 18.7. The fourth-order valence-corrected chi connectivity index (χ4v) is 2.69. The van der Waals surface area contributed by atoms with Crippen molar-refractivity contribution in [2.45, 2.75) is 45.4 Å². The van der Waals surface area contributed by atoms with Crippen LogP contribution in [-0.4, -0.2) is 33.7 Å². The highest BCUT2D eigenvalue weighted by atomic mass is 16.4. The number of aromatic amines is 1. The summed E-state index contributed by atoms with van der Waals surface area (Å²) in [6.07, 6.45) is 3.12. The third kappa shape index (κ3) is 4.06. The van der Waals surface area contributed by atoms with Crippen LogP contribution in [0.5, 0.6) is 0 Å². The van der Waals surface area contributed by atoms with Crippen LogP contribution in [0.25, 0.3) is 0 Å². The summed E-state index contributed by atoms with van der Waals surface area (Å²) < 4.78 is 0. The van der Waals surface area contributed by atoms with Crippen LogP contribution in [0.2, 0.25) is 0 Å². The van der Waals surface area contributed by atoms with E-state index in [4.69, 9.17) is 5.11 Å². The molecule has 1 fully saturated rings. The van der Waals surface area contributed by atoms with Gasteiger partial charge in [-0.15, -0.1) is 0 Å². The molecule has 1 heterocycles. The zero-order valence-corrected chi connectivity index (χ0v) is 12.6. The summed E-state index contributed by atoms with van der Waals surface area (Å²) >= 11 is 0. The minimum atomic E-state index is -0.699. The van der Waals surface area contributed by atoms with Gasteiger partial charge in [-0.25, -0.2) is 0 Å². The predicted molar refractivity (Wildman–Crippen MR) is 78.1 cm³/mol. The average molecular weight is 293 g/mol. The molecule has 0 saturated heterocycles. The lowest BCUT2D eigenvalue weighted by Gasteiger charge is -2.25. The van der Waals surface area contributed by atoms with Crippen molar-refractivity contribution in [3.63, 3.8) is 0 Å². The molecular weight excluding hydrogens is 270 g/mol. The van der Waals surface area contributed by atoms with Gasteiger partial charge in [0.15, 0.2) is 0 Å². The Morgan fingerprint density at radius 2 is 2.05 bits per heavy atom. The first kappa shape index (κ1) is 15.5. The number of hydrogen-bond donors (Lipinski definition) is 3. The van der Waals surface area contributed by atoms with E-state index in [2.05, 4.69) is 15.5 Å².